The molecule has 0 unspecified atom stereocenters. The summed E-state index contributed by atoms with van der Waals surface area (Å²) in [5.74, 6) is 0.0372. The Kier molecular flexibility index (Phi) is 11.0. The number of nitrogens with one attached hydrogen (secondary N) is 2. The standard InChI is InChI=1S/C31H43N9O5/c1-2-3-15-45-30-36-28(32)27-29(37-30)40(31(43)35-27)11-5-10-39(20-23-19-33-21-34-23)24-8-12-38(13-9-24)14-16-44-25-7-4-6-22(17-25)18-26(41)42/h4,6-7,17,19,21,24H,2-3,5,8-16,18,20H2,1H3,(H,33,34)(H,35,43)(H,41,42)(H2,32,36,37). The van der Waals surface area contributed by atoms with E-state index in [0.29, 0.717) is 42.7 Å². The zero-order valence-corrected chi connectivity index (χ0v) is 25.8. The van der Waals surface area contributed by atoms with Gasteiger partial charge in [-0.3, -0.25) is 19.2 Å². The number of aromatic nitrogens is 6. The number of imidazole rings is 2. The number of ether oxygens (including phenoxy) is 2. The van der Waals surface area contributed by atoms with E-state index in [1.165, 1.54) is 0 Å². The van der Waals surface area contributed by atoms with Crippen LogP contribution >= 0.6 is 0 Å². The molecule has 4 aromatic rings. The lowest BCUT2D eigenvalue weighted by Gasteiger charge is -2.38. The fourth-order valence-corrected chi connectivity index (χ4v) is 5.74. The SMILES string of the molecule is CCCCOc1nc(N)c2[nH]c(=O)n(CCCN(Cc3cnc[nH]3)C3CCN(CCOc4cccc(CC(=O)O)c4)CC3)c2n1. The van der Waals surface area contributed by atoms with Crippen molar-refractivity contribution in [2.45, 2.75) is 64.6 Å². The van der Waals surface area contributed by atoms with Crippen LogP contribution in [0.5, 0.6) is 11.8 Å². The summed E-state index contributed by atoms with van der Waals surface area (Å²) in [6.07, 6.45) is 8.17. The lowest BCUT2D eigenvalue weighted by Crippen LogP contribution is -2.46. The number of carboxylic acids is 1. The van der Waals surface area contributed by atoms with Crippen molar-refractivity contribution in [1.29, 1.82) is 0 Å². The monoisotopic (exact) mass is 621 g/mol. The first kappa shape index (κ1) is 32.0. The van der Waals surface area contributed by atoms with E-state index >= 15 is 0 Å². The number of H-pyrrole nitrogens is 2. The summed E-state index contributed by atoms with van der Waals surface area (Å²) >= 11 is 0. The number of nitrogens with two attached hydrogens (primary N) is 1. The van der Waals surface area contributed by atoms with E-state index in [1.807, 2.05) is 18.3 Å². The molecule has 1 aliphatic heterocycles. The number of fused-ring (bicyclic) bond motifs is 1. The van der Waals surface area contributed by atoms with Gasteiger partial charge in [0.05, 0.1) is 19.4 Å². The number of aromatic amines is 2. The highest BCUT2D eigenvalue weighted by Crippen LogP contribution is 2.21. The first-order valence-corrected chi connectivity index (χ1v) is 15.7. The third kappa shape index (κ3) is 8.82. The normalized spacial score (nSPS) is 14.4. The van der Waals surface area contributed by atoms with Crippen LogP contribution in [0.15, 0.2) is 41.6 Å². The summed E-state index contributed by atoms with van der Waals surface area (Å²) < 4.78 is 13.2. The molecule has 0 amide bonds. The molecule has 3 aromatic heterocycles. The highest BCUT2D eigenvalue weighted by Gasteiger charge is 2.25. The third-order valence-corrected chi connectivity index (χ3v) is 8.12. The van der Waals surface area contributed by atoms with E-state index in [9.17, 15) is 9.59 Å². The van der Waals surface area contributed by atoms with Gasteiger partial charge in [-0.05, 0) is 56.5 Å². The number of hydrogen-bond donors (Lipinski definition) is 4. The number of carboxylic acid groups (broad SMARTS) is 1. The van der Waals surface area contributed by atoms with Gasteiger partial charge in [0.15, 0.2) is 11.5 Å². The Morgan fingerprint density at radius 1 is 1.16 bits per heavy atom. The van der Waals surface area contributed by atoms with Crippen LogP contribution in [0.4, 0.5) is 5.82 Å². The second-order valence-electron chi connectivity index (χ2n) is 11.4. The molecule has 14 heteroatoms. The van der Waals surface area contributed by atoms with Crippen LogP contribution < -0.4 is 20.9 Å². The van der Waals surface area contributed by atoms with Crippen molar-refractivity contribution in [3.63, 3.8) is 0 Å². The molecular weight excluding hydrogens is 578 g/mol. The van der Waals surface area contributed by atoms with Crippen molar-refractivity contribution in [2.24, 2.45) is 0 Å². The Balaban J connectivity index is 1.15. The summed E-state index contributed by atoms with van der Waals surface area (Å²) in [6, 6.07) is 7.84. The third-order valence-electron chi connectivity index (χ3n) is 8.12. The molecule has 5 rings (SSSR count). The molecule has 0 saturated carbocycles. The molecule has 0 atom stereocenters. The van der Waals surface area contributed by atoms with E-state index in [0.717, 1.165) is 76.1 Å². The van der Waals surface area contributed by atoms with Crippen LogP contribution in [0, 0.1) is 0 Å². The summed E-state index contributed by atoms with van der Waals surface area (Å²) in [5.41, 5.74) is 8.53. The molecular formula is C31H43N9O5. The van der Waals surface area contributed by atoms with Crippen LogP contribution in [0.1, 0.15) is 50.3 Å². The van der Waals surface area contributed by atoms with Gasteiger partial charge in [0.2, 0.25) is 0 Å². The van der Waals surface area contributed by atoms with Crippen molar-refractivity contribution < 1.29 is 19.4 Å². The van der Waals surface area contributed by atoms with Gasteiger partial charge in [0, 0.05) is 44.1 Å². The number of nitrogen functional groups attached to an aromatic ring is 1. The molecule has 1 fully saturated rings. The second kappa shape index (κ2) is 15.5. The van der Waals surface area contributed by atoms with Crippen LogP contribution in [0.25, 0.3) is 11.2 Å². The molecule has 1 saturated heterocycles. The van der Waals surface area contributed by atoms with E-state index in [4.69, 9.17) is 20.3 Å². The van der Waals surface area contributed by atoms with Crippen LogP contribution in [0.2, 0.25) is 0 Å². The van der Waals surface area contributed by atoms with E-state index < -0.39 is 5.97 Å². The lowest BCUT2D eigenvalue weighted by molar-refractivity contribution is -0.136. The number of rotatable bonds is 17. The average molecular weight is 622 g/mol. The number of unbranched alkanes of at least 4 members (excludes halogenated alkanes) is 1. The molecule has 0 spiro atoms. The summed E-state index contributed by atoms with van der Waals surface area (Å²) in [5, 5.41) is 9.04. The molecule has 0 radical (unpaired) electrons. The smallest absolute Gasteiger partial charge is 0.327 e. The van der Waals surface area contributed by atoms with Crippen LogP contribution in [-0.2, 0) is 24.3 Å². The number of piperidine rings is 1. The zero-order chi connectivity index (χ0) is 31.6. The maximum absolute atomic E-state index is 12.8. The van der Waals surface area contributed by atoms with Gasteiger partial charge in [0.1, 0.15) is 17.9 Å². The van der Waals surface area contributed by atoms with Crippen LogP contribution in [-0.4, -0.2) is 95.8 Å². The number of carbonyl (C=O) groups is 1. The van der Waals surface area contributed by atoms with Crippen molar-refractivity contribution in [1.82, 2.24) is 39.3 Å². The predicted molar refractivity (Wildman–Crippen MR) is 169 cm³/mol. The van der Waals surface area contributed by atoms with E-state index in [2.05, 4.69) is 41.6 Å². The lowest BCUT2D eigenvalue weighted by atomic mass is 10.0. The predicted octanol–water partition coefficient (Wildman–Crippen LogP) is 2.67. The van der Waals surface area contributed by atoms with Gasteiger partial charge in [-0.2, -0.15) is 9.97 Å². The molecule has 45 heavy (non-hydrogen) atoms. The van der Waals surface area contributed by atoms with E-state index in [-0.39, 0.29) is 23.9 Å². The Labute approximate surface area is 261 Å². The van der Waals surface area contributed by atoms with Gasteiger partial charge in [-0.15, -0.1) is 0 Å². The summed E-state index contributed by atoms with van der Waals surface area (Å²) in [6.45, 7) is 7.83. The summed E-state index contributed by atoms with van der Waals surface area (Å²) in [7, 11) is 0. The van der Waals surface area contributed by atoms with E-state index in [1.54, 1.807) is 23.0 Å². The average Bonchev–Trinajstić information content (AvgIpc) is 3.65. The number of aryl methyl sites for hydroxylation is 1. The largest absolute Gasteiger partial charge is 0.492 e. The number of hydrogen-bond acceptors (Lipinski definition) is 10. The van der Waals surface area contributed by atoms with Crippen LogP contribution in [0.3, 0.4) is 0 Å². The van der Waals surface area contributed by atoms with Gasteiger partial charge in [-0.1, -0.05) is 25.5 Å². The Hall–Kier alpha value is -4.43. The fourth-order valence-electron chi connectivity index (χ4n) is 5.74. The minimum absolute atomic E-state index is 0.0176. The number of anilines is 1. The topological polar surface area (TPSA) is 181 Å². The maximum atomic E-state index is 12.8. The van der Waals surface area contributed by atoms with Crippen molar-refractivity contribution >= 4 is 23.0 Å². The van der Waals surface area contributed by atoms with Crippen molar-refractivity contribution in [3.8, 4) is 11.8 Å². The molecule has 1 aromatic carbocycles. The fraction of sp³-hybridized carbons (Fsp3) is 0.516. The van der Waals surface area contributed by atoms with Crippen molar-refractivity contribution in [2.75, 3.05) is 45.1 Å². The van der Waals surface area contributed by atoms with Gasteiger partial charge < -0.3 is 30.3 Å². The summed E-state index contributed by atoms with van der Waals surface area (Å²) in [4.78, 5) is 47.7. The highest BCUT2D eigenvalue weighted by atomic mass is 16.5. The Morgan fingerprint density at radius 3 is 2.76 bits per heavy atom. The molecule has 242 valence electrons. The number of benzene rings is 1. The molecule has 0 bridgehead atoms. The first-order chi connectivity index (χ1) is 21.9. The molecule has 0 aliphatic carbocycles. The number of likely N-dealkylation sites (tertiary alicyclic amines) is 1. The minimum Gasteiger partial charge on any atom is -0.492 e. The molecule has 4 heterocycles. The van der Waals surface area contributed by atoms with Crippen molar-refractivity contribution in [3.05, 3.63) is 58.5 Å². The Morgan fingerprint density at radius 2 is 2.00 bits per heavy atom. The zero-order valence-electron chi connectivity index (χ0n) is 25.8. The molecule has 5 N–H and O–H groups in total. The second-order valence-corrected chi connectivity index (χ2v) is 11.4. The quantitative estimate of drug-likeness (QED) is 0.127. The number of nitrogens with zero attached hydrogens (tertiary/aromatic N) is 6. The molecule has 1 aliphatic rings. The Bertz CT molecular complexity index is 1580. The highest BCUT2D eigenvalue weighted by molar-refractivity contribution is 5.81. The van der Waals surface area contributed by atoms with Gasteiger partial charge in [-0.25, -0.2) is 9.78 Å². The maximum Gasteiger partial charge on any atom is 0.327 e. The minimum atomic E-state index is -0.856. The number of aliphatic carboxylic acids is 1. The van der Waals surface area contributed by atoms with Gasteiger partial charge >= 0.3 is 17.7 Å². The van der Waals surface area contributed by atoms with Gasteiger partial charge in [0.25, 0.3) is 0 Å². The first-order valence-electron chi connectivity index (χ1n) is 15.7. The molecule has 14 nitrogen and oxygen atoms in total.